The number of aryl methyl sites for hydroxylation is 1. The topological polar surface area (TPSA) is 79.4 Å². The van der Waals surface area contributed by atoms with Crippen molar-refractivity contribution in [2.24, 2.45) is 0 Å². The van der Waals surface area contributed by atoms with Gasteiger partial charge in [-0.05, 0) is 47.2 Å². The number of nitrogens with zero attached hydrogens (tertiary/aromatic N) is 3. The maximum Gasteiger partial charge on any atom is 0.414 e. The number of ether oxygens (including phenoxy) is 2. The Morgan fingerprint density at radius 2 is 1.86 bits per heavy atom. The number of benzene rings is 2. The first kappa shape index (κ1) is 18.0. The first-order valence-corrected chi connectivity index (χ1v) is 8.81. The number of nitro groups is 1. The van der Waals surface area contributed by atoms with Gasteiger partial charge in [0.25, 0.3) is 0 Å². The Morgan fingerprint density at radius 3 is 2.50 bits per heavy atom. The highest BCUT2D eigenvalue weighted by atomic mass is 19.1. The second-order valence-electron chi connectivity index (χ2n) is 6.95. The first-order valence-electron chi connectivity index (χ1n) is 8.81. The number of halogens is 1. The van der Waals surface area contributed by atoms with Crippen molar-refractivity contribution in [1.82, 2.24) is 9.55 Å². The van der Waals surface area contributed by atoms with Gasteiger partial charge in [0.15, 0.2) is 0 Å². The molecule has 0 amide bonds. The van der Waals surface area contributed by atoms with Gasteiger partial charge in [-0.2, -0.15) is 0 Å². The van der Waals surface area contributed by atoms with Crippen LogP contribution in [0.1, 0.15) is 13.3 Å². The second-order valence-corrected chi connectivity index (χ2v) is 6.95. The van der Waals surface area contributed by atoms with E-state index in [1.54, 1.807) is 16.7 Å². The van der Waals surface area contributed by atoms with Crippen molar-refractivity contribution in [3.05, 3.63) is 70.7 Å². The molecule has 8 heteroatoms. The van der Waals surface area contributed by atoms with Crippen LogP contribution in [0.2, 0.25) is 0 Å². The first-order chi connectivity index (χ1) is 13.4. The molecule has 7 nitrogen and oxygen atoms in total. The molecule has 1 aliphatic rings. The molecular weight excluding hydrogens is 365 g/mol. The van der Waals surface area contributed by atoms with Crippen molar-refractivity contribution in [2.75, 3.05) is 6.61 Å². The van der Waals surface area contributed by atoms with Crippen LogP contribution in [0.25, 0.3) is 11.1 Å². The van der Waals surface area contributed by atoms with Crippen LogP contribution in [0.15, 0.2) is 54.7 Å². The minimum absolute atomic E-state index is 0.225. The van der Waals surface area contributed by atoms with E-state index in [9.17, 15) is 14.5 Å². The quantitative estimate of drug-likeness (QED) is 0.487. The minimum Gasteiger partial charge on any atom is -0.489 e. The van der Waals surface area contributed by atoms with Crippen molar-refractivity contribution in [2.45, 2.75) is 25.5 Å². The van der Waals surface area contributed by atoms with Gasteiger partial charge < -0.3 is 19.6 Å². The molecule has 4 rings (SSSR count). The third-order valence-corrected chi connectivity index (χ3v) is 4.71. The van der Waals surface area contributed by atoms with Crippen molar-refractivity contribution < 1.29 is 18.8 Å². The number of rotatable bonds is 5. The van der Waals surface area contributed by atoms with Crippen LogP contribution < -0.4 is 9.47 Å². The number of hydrogen-bond acceptors (Lipinski definition) is 5. The van der Waals surface area contributed by atoms with E-state index in [1.807, 2.05) is 31.2 Å². The average molecular weight is 383 g/mol. The molecular formula is C20H18FN3O4. The number of fused-ring (bicyclic) bond motifs is 1. The molecule has 28 heavy (non-hydrogen) atoms. The summed E-state index contributed by atoms with van der Waals surface area (Å²) < 4.78 is 26.4. The Labute approximate surface area is 160 Å². The summed E-state index contributed by atoms with van der Waals surface area (Å²) in [6.45, 7) is 2.74. The summed E-state index contributed by atoms with van der Waals surface area (Å²) in [5.74, 6) is 0.183. The van der Waals surface area contributed by atoms with E-state index in [0.717, 1.165) is 11.1 Å². The van der Waals surface area contributed by atoms with Gasteiger partial charge in [0, 0.05) is 17.9 Å². The molecule has 0 fully saturated rings. The predicted octanol–water partition coefficient (Wildman–Crippen LogP) is 4.22. The molecule has 0 saturated carbocycles. The van der Waals surface area contributed by atoms with Crippen molar-refractivity contribution in [3.8, 4) is 22.9 Å². The van der Waals surface area contributed by atoms with Crippen LogP contribution in [0.4, 0.5) is 10.2 Å². The zero-order valence-corrected chi connectivity index (χ0v) is 15.2. The molecule has 1 unspecified atom stereocenters. The fourth-order valence-corrected chi connectivity index (χ4v) is 3.07. The highest BCUT2D eigenvalue weighted by Gasteiger charge is 2.37. The van der Waals surface area contributed by atoms with Gasteiger partial charge in [-0.1, -0.05) is 24.3 Å². The zero-order chi connectivity index (χ0) is 19.7. The van der Waals surface area contributed by atoms with E-state index in [2.05, 4.69) is 4.98 Å². The van der Waals surface area contributed by atoms with Crippen molar-refractivity contribution >= 4 is 5.82 Å². The lowest BCUT2D eigenvalue weighted by Crippen LogP contribution is -2.43. The van der Waals surface area contributed by atoms with E-state index in [0.29, 0.717) is 18.7 Å². The molecule has 2 heterocycles. The Kier molecular flexibility index (Phi) is 4.46. The van der Waals surface area contributed by atoms with Gasteiger partial charge in [-0.25, -0.2) is 4.39 Å². The van der Waals surface area contributed by atoms with E-state index in [4.69, 9.17) is 9.47 Å². The van der Waals surface area contributed by atoms with Gasteiger partial charge in [0.05, 0.1) is 0 Å². The van der Waals surface area contributed by atoms with Gasteiger partial charge in [-0.15, -0.1) is 0 Å². The van der Waals surface area contributed by atoms with E-state index < -0.39 is 10.5 Å². The van der Waals surface area contributed by atoms with E-state index in [-0.39, 0.29) is 24.3 Å². The van der Waals surface area contributed by atoms with Crippen LogP contribution in [0.5, 0.6) is 11.8 Å². The van der Waals surface area contributed by atoms with E-state index in [1.165, 1.54) is 18.3 Å². The molecule has 1 aliphatic heterocycles. The summed E-state index contributed by atoms with van der Waals surface area (Å²) in [4.78, 5) is 14.2. The molecule has 0 bridgehead atoms. The summed E-state index contributed by atoms with van der Waals surface area (Å²) in [5.41, 5.74) is 1.25. The summed E-state index contributed by atoms with van der Waals surface area (Å²) in [5, 5.41) is 10.9. The van der Waals surface area contributed by atoms with Crippen molar-refractivity contribution in [1.29, 1.82) is 0 Å². The summed E-state index contributed by atoms with van der Waals surface area (Å²) in [6.07, 6.45) is 2.02. The monoisotopic (exact) mass is 383 g/mol. The molecule has 2 aromatic carbocycles. The predicted molar refractivity (Wildman–Crippen MR) is 99.9 cm³/mol. The number of hydrogen-bond donors (Lipinski definition) is 0. The lowest BCUT2D eigenvalue weighted by Gasteiger charge is -2.32. The molecule has 144 valence electrons. The van der Waals surface area contributed by atoms with Gasteiger partial charge in [0.2, 0.25) is 0 Å². The lowest BCUT2D eigenvalue weighted by atomic mass is 10.0. The fraction of sp³-hybridized carbons (Fsp3) is 0.250. The van der Waals surface area contributed by atoms with Gasteiger partial charge >= 0.3 is 11.8 Å². The van der Waals surface area contributed by atoms with Gasteiger partial charge in [0.1, 0.15) is 30.0 Å². The molecule has 0 radical (unpaired) electrons. The molecule has 1 atom stereocenters. The highest BCUT2D eigenvalue weighted by molar-refractivity contribution is 5.63. The summed E-state index contributed by atoms with van der Waals surface area (Å²) in [6, 6.07) is 14.0. The molecule has 0 aliphatic carbocycles. The third-order valence-electron chi connectivity index (χ3n) is 4.71. The van der Waals surface area contributed by atoms with Crippen LogP contribution in [0, 0.1) is 15.9 Å². The maximum absolute atomic E-state index is 13.0. The molecule has 0 N–H and O–H groups in total. The van der Waals surface area contributed by atoms with Crippen molar-refractivity contribution in [3.63, 3.8) is 0 Å². The lowest BCUT2D eigenvalue weighted by molar-refractivity contribution is -0.389. The largest absolute Gasteiger partial charge is 0.489 e. The third kappa shape index (κ3) is 3.66. The van der Waals surface area contributed by atoms with Crippen LogP contribution in [0.3, 0.4) is 0 Å². The standard InChI is InChI=1S/C20H18FN3O4/c1-20(10-11-23-12-18(24(25)26)22-19(23)28-20)13-27-17-8-4-15(5-9-17)14-2-6-16(21)7-3-14/h2-9,12H,10-11,13H2,1H3. The Morgan fingerprint density at radius 1 is 1.21 bits per heavy atom. The molecule has 0 spiro atoms. The SMILES string of the molecule is CC1(COc2ccc(-c3ccc(F)cc3)cc2)CCn2cc([N+](=O)[O-])nc2O1. The Bertz CT molecular complexity index is 1000. The highest BCUT2D eigenvalue weighted by Crippen LogP contribution is 2.31. The van der Waals surface area contributed by atoms with E-state index >= 15 is 0 Å². The maximum atomic E-state index is 13.0. The normalized spacial score (nSPS) is 18.2. The summed E-state index contributed by atoms with van der Waals surface area (Å²) in [7, 11) is 0. The van der Waals surface area contributed by atoms with Gasteiger partial charge in [-0.3, -0.25) is 4.57 Å². The Balaban J connectivity index is 1.41. The second kappa shape index (κ2) is 6.95. The number of imidazole rings is 1. The molecule has 3 aromatic rings. The van der Waals surface area contributed by atoms with Crippen LogP contribution in [-0.2, 0) is 6.54 Å². The van der Waals surface area contributed by atoms with Crippen LogP contribution >= 0.6 is 0 Å². The average Bonchev–Trinajstić information content (AvgIpc) is 3.11. The van der Waals surface area contributed by atoms with Crippen LogP contribution in [-0.4, -0.2) is 26.7 Å². The number of aromatic nitrogens is 2. The molecule has 1 aromatic heterocycles. The summed E-state index contributed by atoms with van der Waals surface area (Å²) >= 11 is 0. The fourth-order valence-electron chi connectivity index (χ4n) is 3.07. The smallest absolute Gasteiger partial charge is 0.414 e. The Hall–Kier alpha value is -3.42. The minimum atomic E-state index is -0.634. The molecule has 0 saturated heterocycles. The zero-order valence-electron chi connectivity index (χ0n) is 15.2.